The lowest BCUT2D eigenvalue weighted by atomic mass is 9.85. The second-order valence-electron chi connectivity index (χ2n) is 4.06. The van der Waals surface area contributed by atoms with Gasteiger partial charge in [-0.05, 0) is 25.7 Å². The molecule has 1 fully saturated rings. The number of imidazole rings is 1. The maximum absolute atomic E-state index is 5.83. The average Bonchev–Trinajstić information content (AvgIpc) is 2.44. The maximum atomic E-state index is 5.83. The highest BCUT2D eigenvalue weighted by molar-refractivity contribution is 5.03. The summed E-state index contributed by atoms with van der Waals surface area (Å²) in [5, 5.41) is 0. The van der Waals surface area contributed by atoms with Gasteiger partial charge in [0.1, 0.15) is 0 Å². The third kappa shape index (κ3) is 1.75. The quantitative estimate of drug-likeness (QED) is 0.767. The molecule has 0 aromatic carbocycles. The molecule has 2 rings (SSSR count). The summed E-state index contributed by atoms with van der Waals surface area (Å²) in [5.41, 5.74) is 6.99. The molecule has 0 aliphatic heterocycles. The Labute approximate surface area is 79.0 Å². The second kappa shape index (κ2) is 3.50. The summed E-state index contributed by atoms with van der Waals surface area (Å²) in [6, 6.07) is 0.0996. The number of rotatable bonds is 3. The van der Waals surface area contributed by atoms with Crippen molar-refractivity contribution in [2.24, 2.45) is 11.7 Å². The smallest absolute Gasteiger partial charge is 0.0948 e. The molecular formula is C10H17N3. The summed E-state index contributed by atoms with van der Waals surface area (Å²) in [6.07, 6.45) is 7.92. The van der Waals surface area contributed by atoms with E-state index in [0.29, 0.717) is 0 Å². The Hall–Kier alpha value is -0.830. The monoisotopic (exact) mass is 179 g/mol. The predicted molar refractivity (Wildman–Crippen MR) is 52.2 cm³/mol. The van der Waals surface area contributed by atoms with Crippen molar-refractivity contribution in [2.45, 2.75) is 38.8 Å². The molecule has 3 heteroatoms. The van der Waals surface area contributed by atoms with Crippen LogP contribution in [0.2, 0.25) is 0 Å². The van der Waals surface area contributed by atoms with E-state index in [1.807, 2.05) is 19.4 Å². The molecule has 0 spiro atoms. The van der Waals surface area contributed by atoms with Gasteiger partial charge >= 0.3 is 0 Å². The van der Waals surface area contributed by atoms with Crippen LogP contribution in [-0.2, 0) is 6.54 Å². The van der Waals surface area contributed by atoms with Gasteiger partial charge in [-0.1, -0.05) is 6.42 Å². The van der Waals surface area contributed by atoms with Crippen LogP contribution in [0.25, 0.3) is 0 Å². The number of aromatic nitrogens is 2. The lowest BCUT2D eigenvalue weighted by Crippen LogP contribution is -2.20. The Balaban J connectivity index is 2.05. The van der Waals surface area contributed by atoms with Crippen LogP contribution in [0.3, 0.4) is 0 Å². The van der Waals surface area contributed by atoms with Crippen molar-refractivity contribution >= 4 is 0 Å². The molecule has 13 heavy (non-hydrogen) atoms. The Morgan fingerprint density at radius 2 is 2.46 bits per heavy atom. The van der Waals surface area contributed by atoms with Crippen molar-refractivity contribution in [3.05, 3.63) is 18.2 Å². The van der Waals surface area contributed by atoms with Gasteiger partial charge in [0.15, 0.2) is 0 Å². The summed E-state index contributed by atoms with van der Waals surface area (Å²) < 4.78 is 2.20. The lowest BCUT2D eigenvalue weighted by Gasteiger charge is -2.26. The highest BCUT2D eigenvalue weighted by Crippen LogP contribution is 2.28. The molecule has 2 N–H and O–H groups in total. The summed E-state index contributed by atoms with van der Waals surface area (Å²) in [7, 11) is 0. The topological polar surface area (TPSA) is 43.8 Å². The van der Waals surface area contributed by atoms with Gasteiger partial charge in [0, 0.05) is 18.8 Å². The second-order valence-corrected chi connectivity index (χ2v) is 4.06. The van der Waals surface area contributed by atoms with Gasteiger partial charge in [-0.15, -0.1) is 0 Å². The van der Waals surface area contributed by atoms with Crippen LogP contribution in [0.15, 0.2) is 12.5 Å². The number of nitrogens with zero attached hydrogens (tertiary/aromatic N) is 2. The summed E-state index contributed by atoms with van der Waals surface area (Å²) in [5.74, 6) is 0.867. The van der Waals surface area contributed by atoms with Crippen LogP contribution in [0, 0.1) is 5.92 Å². The van der Waals surface area contributed by atoms with Crippen LogP contribution >= 0.6 is 0 Å². The van der Waals surface area contributed by atoms with Crippen LogP contribution in [0.5, 0.6) is 0 Å². The van der Waals surface area contributed by atoms with Crippen molar-refractivity contribution < 1.29 is 0 Å². The first-order valence-corrected chi connectivity index (χ1v) is 5.03. The van der Waals surface area contributed by atoms with Crippen LogP contribution in [-0.4, -0.2) is 9.55 Å². The lowest BCUT2D eigenvalue weighted by molar-refractivity contribution is 0.273. The van der Waals surface area contributed by atoms with Crippen LogP contribution < -0.4 is 5.73 Å². The molecule has 1 saturated carbocycles. The van der Waals surface area contributed by atoms with Crippen molar-refractivity contribution in [3.63, 3.8) is 0 Å². The summed E-state index contributed by atoms with van der Waals surface area (Å²) >= 11 is 0. The molecule has 1 aliphatic carbocycles. The van der Waals surface area contributed by atoms with Gasteiger partial charge in [-0.3, -0.25) is 0 Å². The molecule has 3 nitrogen and oxygen atoms in total. The van der Waals surface area contributed by atoms with Crippen LogP contribution in [0.1, 0.15) is 37.9 Å². The zero-order chi connectivity index (χ0) is 9.26. The van der Waals surface area contributed by atoms with Gasteiger partial charge in [0.2, 0.25) is 0 Å². The molecule has 0 saturated heterocycles. The van der Waals surface area contributed by atoms with Gasteiger partial charge in [0.25, 0.3) is 0 Å². The molecule has 1 unspecified atom stereocenters. The minimum atomic E-state index is 0.0996. The minimum absolute atomic E-state index is 0.0996. The molecule has 1 atom stereocenters. The van der Waals surface area contributed by atoms with Crippen molar-refractivity contribution in [2.75, 3.05) is 0 Å². The molecule has 72 valence electrons. The van der Waals surface area contributed by atoms with Gasteiger partial charge < -0.3 is 10.3 Å². The van der Waals surface area contributed by atoms with E-state index >= 15 is 0 Å². The zero-order valence-corrected chi connectivity index (χ0v) is 8.11. The zero-order valence-electron chi connectivity index (χ0n) is 8.11. The van der Waals surface area contributed by atoms with E-state index in [1.54, 1.807) is 0 Å². The fourth-order valence-electron chi connectivity index (χ4n) is 1.82. The molecule has 0 radical (unpaired) electrons. The molecule has 1 aromatic heterocycles. The first-order valence-electron chi connectivity index (χ1n) is 5.03. The molecule has 0 amide bonds. The van der Waals surface area contributed by atoms with Gasteiger partial charge in [-0.25, -0.2) is 4.98 Å². The Morgan fingerprint density at radius 1 is 1.69 bits per heavy atom. The first kappa shape index (κ1) is 8.75. The van der Waals surface area contributed by atoms with Gasteiger partial charge in [-0.2, -0.15) is 0 Å². The van der Waals surface area contributed by atoms with Crippen molar-refractivity contribution in [1.29, 1.82) is 0 Å². The highest BCUT2D eigenvalue weighted by atomic mass is 15.1. The Bertz CT molecular complexity index is 273. The van der Waals surface area contributed by atoms with E-state index in [4.69, 9.17) is 5.73 Å². The molecule has 0 bridgehead atoms. The molecule has 1 aromatic rings. The third-order valence-electron chi connectivity index (χ3n) is 2.89. The Kier molecular flexibility index (Phi) is 2.36. The standard InChI is InChI=1S/C10H17N3/c1-8(11)10-5-12-7-13(10)6-9-3-2-4-9/h5,7-9H,2-4,6,11H2,1H3. The van der Waals surface area contributed by atoms with E-state index < -0.39 is 0 Å². The number of nitrogens with two attached hydrogens (primary N) is 1. The average molecular weight is 179 g/mol. The van der Waals surface area contributed by atoms with E-state index in [1.165, 1.54) is 19.3 Å². The Morgan fingerprint density at radius 3 is 3.00 bits per heavy atom. The summed E-state index contributed by atoms with van der Waals surface area (Å²) in [6.45, 7) is 3.12. The number of hydrogen-bond acceptors (Lipinski definition) is 2. The van der Waals surface area contributed by atoms with E-state index in [9.17, 15) is 0 Å². The van der Waals surface area contributed by atoms with Crippen molar-refractivity contribution in [3.8, 4) is 0 Å². The number of hydrogen-bond donors (Lipinski definition) is 1. The SMILES string of the molecule is CC(N)c1cncn1CC1CCC1. The minimum Gasteiger partial charge on any atom is -0.333 e. The van der Waals surface area contributed by atoms with Crippen molar-refractivity contribution in [1.82, 2.24) is 9.55 Å². The highest BCUT2D eigenvalue weighted by Gasteiger charge is 2.19. The van der Waals surface area contributed by atoms with E-state index in [2.05, 4.69) is 9.55 Å². The summed E-state index contributed by atoms with van der Waals surface area (Å²) in [4.78, 5) is 4.14. The van der Waals surface area contributed by atoms with Gasteiger partial charge in [0.05, 0.1) is 12.0 Å². The van der Waals surface area contributed by atoms with E-state index in [0.717, 1.165) is 18.2 Å². The molecular weight excluding hydrogens is 162 g/mol. The molecule has 1 heterocycles. The third-order valence-corrected chi connectivity index (χ3v) is 2.89. The largest absolute Gasteiger partial charge is 0.333 e. The fraction of sp³-hybridized carbons (Fsp3) is 0.700. The van der Waals surface area contributed by atoms with E-state index in [-0.39, 0.29) is 6.04 Å². The molecule has 1 aliphatic rings. The van der Waals surface area contributed by atoms with Crippen LogP contribution in [0.4, 0.5) is 0 Å². The maximum Gasteiger partial charge on any atom is 0.0948 e. The predicted octanol–water partition coefficient (Wildman–Crippen LogP) is 1.70. The fourth-order valence-corrected chi connectivity index (χ4v) is 1.82. The normalized spacial score (nSPS) is 19.8. The first-order chi connectivity index (χ1) is 6.27.